The van der Waals surface area contributed by atoms with E-state index < -0.39 is 0 Å². The number of hydrogen-bond donors (Lipinski definition) is 0. The zero-order valence-corrected chi connectivity index (χ0v) is 11.6. The summed E-state index contributed by atoms with van der Waals surface area (Å²) in [7, 11) is 0. The minimum atomic E-state index is 0.0903. The Morgan fingerprint density at radius 3 is 2.67 bits per heavy atom. The number of ether oxygens (including phenoxy) is 1. The molecular formula is C15H23NO2. The van der Waals surface area contributed by atoms with Gasteiger partial charge in [-0.15, -0.1) is 0 Å². The molecule has 0 saturated heterocycles. The van der Waals surface area contributed by atoms with Crippen LogP contribution >= 0.6 is 0 Å². The van der Waals surface area contributed by atoms with E-state index in [1.165, 1.54) is 0 Å². The number of carbonyl (C=O) groups is 1. The zero-order valence-electron chi connectivity index (χ0n) is 11.6. The lowest BCUT2D eigenvalue weighted by Gasteiger charge is -2.20. The monoisotopic (exact) mass is 249 g/mol. The number of benzene rings is 1. The van der Waals surface area contributed by atoms with Gasteiger partial charge in [0.1, 0.15) is 5.75 Å². The van der Waals surface area contributed by atoms with Crippen LogP contribution in [0.2, 0.25) is 0 Å². The van der Waals surface area contributed by atoms with E-state index in [1.807, 2.05) is 43.0 Å². The molecule has 0 saturated carbocycles. The summed E-state index contributed by atoms with van der Waals surface area (Å²) in [5.41, 5.74) is 0.707. The average Bonchev–Trinajstić information content (AvgIpc) is 2.40. The Balaban J connectivity index is 2.77. The molecule has 0 radical (unpaired) electrons. The number of unbranched alkanes of at least 4 members (excludes halogenated alkanes) is 1. The molecule has 1 aromatic rings. The lowest BCUT2D eigenvalue weighted by Crippen LogP contribution is -2.31. The lowest BCUT2D eigenvalue weighted by molar-refractivity contribution is 0.0762. The first-order valence-corrected chi connectivity index (χ1v) is 6.75. The van der Waals surface area contributed by atoms with Crippen LogP contribution < -0.4 is 4.74 Å². The minimum absolute atomic E-state index is 0.0903. The summed E-state index contributed by atoms with van der Waals surface area (Å²) in [6.45, 7) is 8.27. The molecule has 3 heteroatoms. The first-order valence-electron chi connectivity index (χ1n) is 6.75. The fraction of sp³-hybridized carbons (Fsp3) is 0.533. The maximum Gasteiger partial charge on any atom is 0.253 e. The van der Waals surface area contributed by atoms with E-state index in [-0.39, 0.29) is 5.91 Å². The van der Waals surface area contributed by atoms with Crippen LogP contribution in [0.3, 0.4) is 0 Å². The molecule has 1 aromatic carbocycles. The number of hydrogen-bond acceptors (Lipinski definition) is 2. The van der Waals surface area contributed by atoms with E-state index in [0.29, 0.717) is 12.2 Å². The molecule has 100 valence electrons. The van der Waals surface area contributed by atoms with Gasteiger partial charge in [0.15, 0.2) is 0 Å². The molecular weight excluding hydrogens is 226 g/mol. The number of nitrogens with zero attached hydrogens (tertiary/aromatic N) is 1. The summed E-state index contributed by atoms with van der Waals surface area (Å²) in [5, 5.41) is 0. The third kappa shape index (κ3) is 4.06. The molecule has 18 heavy (non-hydrogen) atoms. The molecule has 0 heterocycles. The second-order valence-corrected chi connectivity index (χ2v) is 4.20. The van der Waals surface area contributed by atoms with Crippen LogP contribution in [-0.2, 0) is 0 Å². The fourth-order valence-electron chi connectivity index (χ4n) is 1.82. The molecule has 0 atom stereocenters. The highest BCUT2D eigenvalue weighted by molar-refractivity contribution is 5.94. The van der Waals surface area contributed by atoms with Crippen LogP contribution in [0, 0.1) is 0 Å². The van der Waals surface area contributed by atoms with E-state index in [0.717, 1.165) is 31.7 Å². The third-order valence-electron chi connectivity index (χ3n) is 2.84. The maximum absolute atomic E-state index is 12.3. The van der Waals surface area contributed by atoms with Crippen molar-refractivity contribution in [3.63, 3.8) is 0 Å². The second-order valence-electron chi connectivity index (χ2n) is 4.20. The van der Waals surface area contributed by atoms with Gasteiger partial charge >= 0.3 is 0 Å². The topological polar surface area (TPSA) is 29.5 Å². The van der Waals surface area contributed by atoms with E-state index >= 15 is 0 Å². The van der Waals surface area contributed by atoms with Gasteiger partial charge in [0.25, 0.3) is 5.91 Å². The van der Waals surface area contributed by atoms with E-state index in [1.54, 1.807) is 0 Å². The third-order valence-corrected chi connectivity index (χ3v) is 2.84. The van der Waals surface area contributed by atoms with Crippen molar-refractivity contribution in [3.05, 3.63) is 29.8 Å². The summed E-state index contributed by atoms with van der Waals surface area (Å²) in [5.74, 6) is 0.849. The zero-order chi connectivity index (χ0) is 13.4. The molecule has 0 unspecified atom stereocenters. The Labute approximate surface area is 110 Å². The molecule has 0 aliphatic heterocycles. The standard InChI is InChI=1S/C15H23NO2/c1-4-7-11-16(5-2)15(17)13-9-8-10-14(12-13)18-6-3/h8-10,12H,4-7,11H2,1-3H3. The van der Waals surface area contributed by atoms with Gasteiger partial charge in [-0.25, -0.2) is 0 Å². The SMILES string of the molecule is CCCCN(CC)C(=O)c1cccc(OCC)c1. The first kappa shape index (κ1) is 14.6. The Morgan fingerprint density at radius 1 is 1.28 bits per heavy atom. The van der Waals surface area contributed by atoms with Crippen molar-refractivity contribution >= 4 is 5.91 Å². The van der Waals surface area contributed by atoms with Gasteiger partial charge < -0.3 is 9.64 Å². The Hall–Kier alpha value is -1.51. The lowest BCUT2D eigenvalue weighted by atomic mass is 10.1. The smallest absolute Gasteiger partial charge is 0.253 e. The van der Waals surface area contributed by atoms with Gasteiger partial charge in [0.05, 0.1) is 6.61 Å². The molecule has 0 spiro atoms. The normalized spacial score (nSPS) is 10.2. The Morgan fingerprint density at radius 2 is 2.06 bits per heavy atom. The Kier molecular flexibility index (Phi) is 6.26. The molecule has 0 aromatic heterocycles. The molecule has 0 bridgehead atoms. The predicted octanol–water partition coefficient (Wildman–Crippen LogP) is 3.35. The van der Waals surface area contributed by atoms with E-state index in [4.69, 9.17) is 4.74 Å². The van der Waals surface area contributed by atoms with Gasteiger partial charge in [0.2, 0.25) is 0 Å². The second kappa shape index (κ2) is 7.75. The van der Waals surface area contributed by atoms with Gasteiger partial charge in [-0.3, -0.25) is 4.79 Å². The fourth-order valence-corrected chi connectivity index (χ4v) is 1.82. The van der Waals surface area contributed by atoms with Crippen molar-refractivity contribution in [1.82, 2.24) is 4.90 Å². The number of carbonyl (C=O) groups excluding carboxylic acids is 1. The van der Waals surface area contributed by atoms with E-state index in [9.17, 15) is 4.79 Å². The van der Waals surface area contributed by atoms with Crippen LogP contribution in [0.1, 0.15) is 44.0 Å². The van der Waals surface area contributed by atoms with Crippen molar-refractivity contribution in [2.75, 3.05) is 19.7 Å². The van der Waals surface area contributed by atoms with E-state index in [2.05, 4.69) is 6.92 Å². The minimum Gasteiger partial charge on any atom is -0.494 e. The largest absolute Gasteiger partial charge is 0.494 e. The quantitative estimate of drug-likeness (QED) is 0.741. The summed E-state index contributed by atoms with van der Waals surface area (Å²) in [6.07, 6.45) is 2.15. The molecule has 0 N–H and O–H groups in total. The predicted molar refractivity (Wildman–Crippen MR) is 74.1 cm³/mol. The van der Waals surface area contributed by atoms with Gasteiger partial charge in [-0.1, -0.05) is 19.4 Å². The molecule has 1 amide bonds. The van der Waals surface area contributed by atoms with Crippen molar-refractivity contribution < 1.29 is 9.53 Å². The van der Waals surface area contributed by atoms with Crippen LogP contribution in [-0.4, -0.2) is 30.5 Å². The molecule has 0 fully saturated rings. The average molecular weight is 249 g/mol. The van der Waals surface area contributed by atoms with Crippen LogP contribution in [0.15, 0.2) is 24.3 Å². The van der Waals surface area contributed by atoms with Crippen molar-refractivity contribution in [2.24, 2.45) is 0 Å². The molecule has 3 nitrogen and oxygen atoms in total. The first-order chi connectivity index (χ1) is 8.72. The number of amides is 1. The van der Waals surface area contributed by atoms with Crippen LogP contribution in [0.4, 0.5) is 0 Å². The maximum atomic E-state index is 12.3. The molecule has 1 rings (SSSR count). The summed E-state index contributed by atoms with van der Waals surface area (Å²) in [6, 6.07) is 7.41. The Bertz CT molecular complexity index is 377. The summed E-state index contributed by atoms with van der Waals surface area (Å²) >= 11 is 0. The van der Waals surface area contributed by atoms with Crippen molar-refractivity contribution in [1.29, 1.82) is 0 Å². The summed E-state index contributed by atoms with van der Waals surface area (Å²) < 4.78 is 5.42. The number of rotatable bonds is 7. The van der Waals surface area contributed by atoms with Gasteiger partial charge in [0, 0.05) is 18.7 Å². The van der Waals surface area contributed by atoms with Crippen LogP contribution in [0.5, 0.6) is 5.75 Å². The van der Waals surface area contributed by atoms with Gasteiger partial charge in [-0.2, -0.15) is 0 Å². The highest BCUT2D eigenvalue weighted by atomic mass is 16.5. The highest BCUT2D eigenvalue weighted by Crippen LogP contribution is 2.15. The highest BCUT2D eigenvalue weighted by Gasteiger charge is 2.13. The molecule has 0 aliphatic rings. The molecule has 0 aliphatic carbocycles. The summed E-state index contributed by atoms with van der Waals surface area (Å²) in [4.78, 5) is 14.2. The van der Waals surface area contributed by atoms with Gasteiger partial charge in [-0.05, 0) is 38.5 Å². The van der Waals surface area contributed by atoms with Crippen molar-refractivity contribution in [3.8, 4) is 5.75 Å². The van der Waals surface area contributed by atoms with Crippen molar-refractivity contribution in [2.45, 2.75) is 33.6 Å². The van der Waals surface area contributed by atoms with Crippen LogP contribution in [0.25, 0.3) is 0 Å².